The van der Waals surface area contributed by atoms with Gasteiger partial charge in [0.2, 0.25) is 0 Å². The average Bonchev–Trinajstić information content (AvgIpc) is 2.78. The van der Waals surface area contributed by atoms with Crippen molar-refractivity contribution in [2.45, 2.75) is 19.6 Å². The van der Waals surface area contributed by atoms with Crippen LogP contribution in [0.15, 0.2) is 18.2 Å². The standard InChI is InChI=1S/C14H16FN3O3/c1-8-4-9(2-3-12(8)15)13-11(7-20)14(16)18(17-13)5-10(21)6-19/h2-4,7,10,19,21H,5-6,16H2,1H3. The van der Waals surface area contributed by atoms with E-state index in [0.717, 1.165) is 0 Å². The molecule has 7 heteroatoms. The first kappa shape index (κ1) is 15.1. The number of hydrogen-bond donors (Lipinski definition) is 3. The van der Waals surface area contributed by atoms with Gasteiger partial charge in [-0.25, -0.2) is 9.07 Å². The van der Waals surface area contributed by atoms with Crippen molar-refractivity contribution in [3.05, 3.63) is 35.1 Å². The lowest BCUT2D eigenvalue weighted by Crippen LogP contribution is -2.21. The second kappa shape index (κ2) is 6.02. The third-order valence-corrected chi connectivity index (χ3v) is 3.17. The van der Waals surface area contributed by atoms with Crippen LogP contribution in [0.1, 0.15) is 15.9 Å². The topological polar surface area (TPSA) is 101 Å². The molecule has 1 aromatic heterocycles. The van der Waals surface area contributed by atoms with Crippen LogP contribution in [0.5, 0.6) is 0 Å². The van der Waals surface area contributed by atoms with Crippen molar-refractivity contribution in [2.75, 3.05) is 12.3 Å². The molecular formula is C14H16FN3O3. The van der Waals surface area contributed by atoms with Crippen molar-refractivity contribution >= 4 is 12.1 Å². The summed E-state index contributed by atoms with van der Waals surface area (Å²) in [4.78, 5) is 11.2. The van der Waals surface area contributed by atoms with Gasteiger partial charge < -0.3 is 15.9 Å². The summed E-state index contributed by atoms with van der Waals surface area (Å²) in [6, 6.07) is 4.36. The van der Waals surface area contributed by atoms with Gasteiger partial charge in [-0.3, -0.25) is 4.79 Å². The minimum Gasteiger partial charge on any atom is -0.394 e. The van der Waals surface area contributed by atoms with E-state index in [4.69, 9.17) is 10.8 Å². The average molecular weight is 293 g/mol. The maximum Gasteiger partial charge on any atom is 0.156 e. The molecule has 112 valence electrons. The Hall–Kier alpha value is -2.25. The van der Waals surface area contributed by atoms with Gasteiger partial charge in [0.05, 0.1) is 24.8 Å². The van der Waals surface area contributed by atoms with Gasteiger partial charge in [0, 0.05) is 5.56 Å². The second-order valence-electron chi connectivity index (χ2n) is 4.75. The molecule has 0 saturated heterocycles. The van der Waals surface area contributed by atoms with Gasteiger partial charge in [0.25, 0.3) is 0 Å². The molecule has 0 aliphatic rings. The fourth-order valence-electron chi connectivity index (χ4n) is 2.01. The lowest BCUT2D eigenvalue weighted by molar-refractivity contribution is 0.0788. The lowest BCUT2D eigenvalue weighted by atomic mass is 10.1. The molecule has 0 saturated carbocycles. The Morgan fingerprint density at radius 1 is 1.52 bits per heavy atom. The number of carbonyl (C=O) groups excluding carboxylic acids is 1. The number of aliphatic hydroxyl groups excluding tert-OH is 2. The molecule has 21 heavy (non-hydrogen) atoms. The van der Waals surface area contributed by atoms with Gasteiger partial charge in [-0.1, -0.05) is 0 Å². The Morgan fingerprint density at radius 2 is 2.24 bits per heavy atom. The van der Waals surface area contributed by atoms with E-state index < -0.39 is 12.7 Å². The highest BCUT2D eigenvalue weighted by molar-refractivity contribution is 5.91. The largest absolute Gasteiger partial charge is 0.394 e. The van der Waals surface area contributed by atoms with Gasteiger partial charge in [0.15, 0.2) is 6.29 Å². The molecule has 0 aliphatic carbocycles. The molecule has 0 spiro atoms. The van der Waals surface area contributed by atoms with E-state index in [1.54, 1.807) is 13.0 Å². The molecule has 1 heterocycles. The number of anilines is 1. The number of carbonyl (C=O) groups is 1. The maximum atomic E-state index is 13.3. The molecular weight excluding hydrogens is 277 g/mol. The first-order chi connectivity index (χ1) is 9.97. The number of aromatic nitrogens is 2. The second-order valence-corrected chi connectivity index (χ2v) is 4.75. The number of aldehydes is 1. The Labute approximate surface area is 120 Å². The Morgan fingerprint density at radius 3 is 2.81 bits per heavy atom. The summed E-state index contributed by atoms with van der Waals surface area (Å²) in [5.74, 6) is -0.260. The monoisotopic (exact) mass is 293 g/mol. The van der Waals surface area contributed by atoms with E-state index in [-0.39, 0.29) is 23.7 Å². The van der Waals surface area contributed by atoms with E-state index in [1.165, 1.54) is 16.8 Å². The number of aliphatic hydroxyl groups is 2. The van der Waals surface area contributed by atoms with E-state index in [0.29, 0.717) is 23.1 Å². The van der Waals surface area contributed by atoms with E-state index in [2.05, 4.69) is 5.10 Å². The number of halogens is 1. The molecule has 0 amide bonds. The lowest BCUT2D eigenvalue weighted by Gasteiger charge is -2.08. The van der Waals surface area contributed by atoms with Crippen LogP contribution in [0.25, 0.3) is 11.3 Å². The van der Waals surface area contributed by atoms with Gasteiger partial charge in [-0.05, 0) is 30.7 Å². The third-order valence-electron chi connectivity index (χ3n) is 3.17. The van der Waals surface area contributed by atoms with Gasteiger partial charge >= 0.3 is 0 Å². The summed E-state index contributed by atoms with van der Waals surface area (Å²) in [6.45, 7) is 1.12. The highest BCUT2D eigenvalue weighted by atomic mass is 19.1. The molecule has 0 radical (unpaired) electrons. The number of benzene rings is 1. The fourth-order valence-corrected chi connectivity index (χ4v) is 2.01. The number of nitrogens with zero attached hydrogens (tertiary/aromatic N) is 2. The normalized spacial score (nSPS) is 12.4. The molecule has 0 bridgehead atoms. The van der Waals surface area contributed by atoms with Crippen molar-refractivity contribution in [1.29, 1.82) is 0 Å². The number of rotatable bonds is 5. The maximum absolute atomic E-state index is 13.3. The summed E-state index contributed by atoms with van der Waals surface area (Å²) >= 11 is 0. The number of aryl methyl sites for hydroxylation is 1. The minimum absolute atomic E-state index is 0.0383. The van der Waals surface area contributed by atoms with Crippen LogP contribution in [0.3, 0.4) is 0 Å². The molecule has 1 aromatic carbocycles. The minimum atomic E-state index is -1.03. The van der Waals surface area contributed by atoms with Crippen LogP contribution in [0.4, 0.5) is 10.2 Å². The summed E-state index contributed by atoms with van der Waals surface area (Å²) in [5, 5.41) is 22.5. The van der Waals surface area contributed by atoms with Crippen molar-refractivity contribution in [3.8, 4) is 11.3 Å². The van der Waals surface area contributed by atoms with Crippen molar-refractivity contribution in [2.24, 2.45) is 0 Å². The summed E-state index contributed by atoms with van der Waals surface area (Å²) in [5.41, 5.74) is 7.29. The van der Waals surface area contributed by atoms with Crippen LogP contribution >= 0.6 is 0 Å². The fraction of sp³-hybridized carbons (Fsp3) is 0.286. The number of nitrogens with two attached hydrogens (primary N) is 1. The van der Waals surface area contributed by atoms with Crippen LogP contribution in [0.2, 0.25) is 0 Å². The van der Waals surface area contributed by atoms with Gasteiger partial charge in [0.1, 0.15) is 17.3 Å². The highest BCUT2D eigenvalue weighted by Gasteiger charge is 2.18. The Kier molecular flexibility index (Phi) is 4.35. The van der Waals surface area contributed by atoms with E-state index >= 15 is 0 Å². The Balaban J connectivity index is 2.50. The van der Waals surface area contributed by atoms with Crippen molar-refractivity contribution < 1.29 is 19.4 Å². The number of nitrogen functional groups attached to an aromatic ring is 1. The van der Waals surface area contributed by atoms with Crippen LogP contribution < -0.4 is 5.73 Å². The molecule has 0 fully saturated rings. The zero-order valence-corrected chi connectivity index (χ0v) is 11.5. The molecule has 6 nitrogen and oxygen atoms in total. The number of hydrogen-bond acceptors (Lipinski definition) is 5. The van der Waals surface area contributed by atoms with E-state index in [1.807, 2.05) is 0 Å². The molecule has 1 atom stereocenters. The van der Waals surface area contributed by atoms with Crippen LogP contribution in [-0.2, 0) is 6.54 Å². The van der Waals surface area contributed by atoms with E-state index in [9.17, 15) is 14.3 Å². The molecule has 4 N–H and O–H groups in total. The molecule has 0 aliphatic heterocycles. The quantitative estimate of drug-likeness (QED) is 0.706. The van der Waals surface area contributed by atoms with Crippen LogP contribution in [0, 0.1) is 12.7 Å². The van der Waals surface area contributed by atoms with Crippen molar-refractivity contribution in [1.82, 2.24) is 9.78 Å². The third kappa shape index (κ3) is 2.93. The molecule has 1 unspecified atom stereocenters. The SMILES string of the molecule is Cc1cc(-c2nn(CC(O)CO)c(N)c2C=O)ccc1F. The molecule has 2 rings (SSSR count). The predicted octanol–water partition coefficient (Wildman–Crippen LogP) is 0.746. The van der Waals surface area contributed by atoms with Crippen LogP contribution in [-0.4, -0.2) is 39.0 Å². The Bertz CT molecular complexity index is 670. The van der Waals surface area contributed by atoms with Gasteiger partial charge in [-0.15, -0.1) is 0 Å². The first-order valence-corrected chi connectivity index (χ1v) is 6.34. The molecule has 2 aromatic rings. The van der Waals surface area contributed by atoms with Crippen molar-refractivity contribution in [3.63, 3.8) is 0 Å². The first-order valence-electron chi connectivity index (χ1n) is 6.34. The predicted molar refractivity (Wildman–Crippen MR) is 75.3 cm³/mol. The highest BCUT2D eigenvalue weighted by Crippen LogP contribution is 2.27. The zero-order chi connectivity index (χ0) is 15.6. The zero-order valence-electron chi connectivity index (χ0n) is 11.5. The summed E-state index contributed by atoms with van der Waals surface area (Å²) in [7, 11) is 0. The van der Waals surface area contributed by atoms with Gasteiger partial charge in [-0.2, -0.15) is 5.10 Å². The summed E-state index contributed by atoms with van der Waals surface area (Å²) < 4.78 is 14.6. The smallest absolute Gasteiger partial charge is 0.156 e. The summed E-state index contributed by atoms with van der Waals surface area (Å²) in [6.07, 6.45) is -0.465.